The van der Waals surface area contributed by atoms with Crippen molar-refractivity contribution in [2.75, 3.05) is 6.61 Å². The van der Waals surface area contributed by atoms with E-state index in [9.17, 15) is 19.7 Å². The molecule has 0 aliphatic carbocycles. The Kier molecular flexibility index (Phi) is 5.08. The van der Waals surface area contributed by atoms with E-state index in [1.54, 1.807) is 6.07 Å². The number of ketones is 1. The van der Waals surface area contributed by atoms with Crippen LogP contribution in [0, 0.1) is 30.9 Å². The van der Waals surface area contributed by atoms with Gasteiger partial charge in [-0.15, -0.1) is 0 Å². The number of hydrogen-bond acceptors (Lipinski definition) is 5. The Morgan fingerprint density at radius 3 is 2.38 bits per heavy atom. The first-order valence-corrected chi connectivity index (χ1v) is 7.32. The van der Waals surface area contributed by atoms with Gasteiger partial charge in [0.2, 0.25) is 5.78 Å². The molecule has 6 heteroatoms. The normalized spacial score (nSPS) is 10.3. The number of carbonyl (C=O) groups excluding carboxylic acids is 2. The molecule has 2 aromatic carbocycles. The summed E-state index contributed by atoms with van der Waals surface area (Å²) in [6.07, 6.45) is 0. The zero-order chi connectivity index (χ0) is 17.9. The fraction of sp³-hybridized carbons (Fsp3) is 0.222. The van der Waals surface area contributed by atoms with Crippen molar-refractivity contribution in [2.45, 2.75) is 20.8 Å². The molecule has 0 fully saturated rings. The number of rotatable bonds is 5. The number of hydrogen-bond donors (Lipinski definition) is 0. The summed E-state index contributed by atoms with van der Waals surface area (Å²) in [7, 11) is 0. The zero-order valence-electron chi connectivity index (χ0n) is 13.7. The van der Waals surface area contributed by atoms with Crippen LogP contribution in [0.4, 0.5) is 5.69 Å². The average molecular weight is 327 g/mol. The molecule has 0 radical (unpaired) electrons. The van der Waals surface area contributed by atoms with Crippen molar-refractivity contribution in [2.24, 2.45) is 0 Å². The quantitative estimate of drug-likeness (QED) is 0.363. The number of nitrogens with zero attached hydrogens (tertiary/aromatic N) is 1. The third kappa shape index (κ3) is 3.84. The fourth-order valence-electron chi connectivity index (χ4n) is 2.32. The standard InChI is InChI=1S/C18H17NO5/c1-11-4-5-12(2)15(8-11)17(20)10-24-18(21)14-6-7-16(19(22)23)13(3)9-14/h4-9H,10H2,1-3H3. The lowest BCUT2D eigenvalue weighted by Crippen LogP contribution is -2.15. The Balaban J connectivity index is 2.08. The molecule has 0 aromatic heterocycles. The average Bonchev–Trinajstić information content (AvgIpc) is 2.54. The Labute approximate surface area is 139 Å². The summed E-state index contributed by atoms with van der Waals surface area (Å²) in [5.41, 5.74) is 2.73. The first-order chi connectivity index (χ1) is 11.3. The number of Topliss-reactive ketones (excluding diaryl/α,β-unsaturated/α-hetero) is 1. The third-order valence-corrected chi connectivity index (χ3v) is 3.66. The molecule has 2 rings (SSSR count). The monoisotopic (exact) mass is 327 g/mol. The van der Waals surface area contributed by atoms with E-state index in [4.69, 9.17) is 4.74 Å². The summed E-state index contributed by atoms with van der Waals surface area (Å²) in [5, 5.41) is 10.8. The van der Waals surface area contributed by atoms with Gasteiger partial charge in [0.15, 0.2) is 6.61 Å². The SMILES string of the molecule is Cc1ccc(C)c(C(=O)COC(=O)c2ccc([N+](=O)[O-])c(C)c2)c1. The molecule has 6 nitrogen and oxygen atoms in total. The largest absolute Gasteiger partial charge is 0.454 e. The van der Waals surface area contributed by atoms with E-state index in [0.717, 1.165) is 11.1 Å². The molecule has 0 bridgehead atoms. The maximum Gasteiger partial charge on any atom is 0.338 e. The van der Waals surface area contributed by atoms with Crippen LogP contribution in [0.15, 0.2) is 36.4 Å². The Hall–Kier alpha value is -3.02. The van der Waals surface area contributed by atoms with Crippen molar-refractivity contribution in [3.8, 4) is 0 Å². The minimum atomic E-state index is -0.688. The van der Waals surface area contributed by atoms with Gasteiger partial charge in [-0.2, -0.15) is 0 Å². The van der Waals surface area contributed by atoms with E-state index >= 15 is 0 Å². The number of aryl methyl sites for hydroxylation is 3. The molecule has 0 unspecified atom stereocenters. The van der Waals surface area contributed by atoms with Crippen LogP contribution in [0.2, 0.25) is 0 Å². The van der Waals surface area contributed by atoms with Crippen molar-refractivity contribution in [3.05, 3.63) is 74.3 Å². The van der Waals surface area contributed by atoms with Crippen LogP contribution in [-0.2, 0) is 4.74 Å². The number of nitro benzene ring substituents is 1. The van der Waals surface area contributed by atoms with Crippen LogP contribution >= 0.6 is 0 Å². The molecule has 0 amide bonds. The smallest absolute Gasteiger partial charge is 0.338 e. The molecule has 24 heavy (non-hydrogen) atoms. The number of nitro groups is 1. The Bertz CT molecular complexity index is 826. The number of ether oxygens (including phenoxy) is 1. The van der Waals surface area contributed by atoms with Crippen molar-refractivity contribution in [3.63, 3.8) is 0 Å². The molecule has 0 saturated carbocycles. The van der Waals surface area contributed by atoms with Crippen molar-refractivity contribution < 1.29 is 19.2 Å². The lowest BCUT2D eigenvalue weighted by atomic mass is 10.0. The van der Waals surface area contributed by atoms with Gasteiger partial charge < -0.3 is 4.74 Å². The maximum absolute atomic E-state index is 12.2. The first-order valence-electron chi connectivity index (χ1n) is 7.32. The van der Waals surface area contributed by atoms with Crippen molar-refractivity contribution in [1.29, 1.82) is 0 Å². The number of carbonyl (C=O) groups is 2. The van der Waals surface area contributed by atoms with Gasteiger partial charge in [-0.3, -0.25) is 14.9 Å². The molecule has 124 valence electrons. The Morgan fingerprint density at radius 1 is 1.04 bits per heavy atom. The molecular formula is C18H17NO5. The van der Waals surface area contributed by atoms with Gasteiger partial charge in [0.05, 0.1) is 10.5 Å². The van der Waals surface area contributed by atoms with Gasteiger partial charge in [-0.25, -0.2) is 4.79 Å². The molecule has 0 aliphatic heterocycles. The number of esters is 1. The molecule has 2 aromatic rings. The van der Waals surface area contributed by atoms with Crippen molar-refractivity contribution >= 4 is 17.4 Å². The van der Waals surface area contributed by atoms with Gasteiger partial charge in [0, 0.05) is 17.2 Å². The van der Waals surface area contributed by atoms with Gasteiger partial charge >= 0.3 is 5.97 Å². The summed E-state index contributed by atoms with van der Waals surface area (Å²) < 4.78 is 5.04. The van der Waals surface area contributed by atoms with E-state index in [1.807, 2.05) is 26.0 Å². The van der Waals surface area contributed by atoms with E-state index in [0.29, 0.717) is 11.1 Å². The lowest BCUT2D eigenvalue weighted by Gasteiger charge is -2.08. The summed E-state index contributed by atoms with van der Waals surface area (Å²) in [6.45, 7) is 4.85. The van der Waals surface area contributed by atoms with Crippen LogP contribution < -0.4 is 0 Å². The third-order valence-electron chi connectivity index (χ3n) is 3.66. The molecule has 0 saturated heterocycles. The molecule has 0 aliphatic rings. The summed E-state index contributed by atoms with van der Waals surface area (Å²) in [4.78, 5) is 34.5. The minimum Gasteiger partial charge on any atom is -0.454 e. The van der Waals surface area contributed by atoms with Crippen LogP contribution in [0.25, 0.3) is 0 Å². The predicted octanol–water partition coefficient (Wildman–Crippen LogP) is 3.56. The van der Waals surface area contributed by atoms with Gasteiger partial charge in [-0.05, 0) is 44.5 Å². The fourth-order valence-corrected chi connectivity index (χ4v) is 2.32. The second-order valence-corrected chi connectivity index (χ2v) is 5.58. The zero-order valence-corrected chi connectivity index (χ0v) is 13.7. The lowest BCUT2D eigenvalue weighted by molar-refractivity contribution is -0.385. The van der Waals surface area contributed by atoms with E-state index in [-0.39, 0.29) is 23.6 Å². The molecule has 0 heterocycles. The topological polar surface area (TPSA) is 86.5 Å². The van der Waals surface area contributed by atoms with Gasteiger partial charge in [0.25, 0.3) is 5.69 Å². The first kappa shape index (κ1) is 17.3. The second kappa shape index (κ2) is 7.04. The molecule has 0 spiro atoms. The van der Waals surface area contributed by atoms with E-state index < -0.39 is 10.9 Å². The maximum atomic E-state index is 12.2. The highest BCUT2D eigenvalue weighted by Gasteiger charge is 2.17. The van der Waals surface area contributed by atoms with Crippen LogP contribution in [0.3, 0.4) is 0 Å². The Morgan fingerprint density at radius 2 is 1.75 bits per heavy atom. The molecular weight excluding hydrogens is 310 g/mol. The van der Waals surface area contributed by atoms with Crippen LogP contribution in [0.1, 0.15) is 37.4 Å². The predicted molar refractivity (Wildman–Crippen MR) is 88.4 cm³/mol. The number of benzene rings is 2. The van der Waals surface area contributed by atoms with Crippen LogP contribution in [0.5, 0.6) is 0 Å². The second-order valence-electron chi connectivity index (χ2n) is 5.58. The minimum absolute atomic E-state index is 0.0713. The highest BCUT2D eigenvalue weighted by Crippen LogP contribution is 2.19. The van der Waals surface area contributed by atoms with E-state index in [2.05, 4.69) is 0 Å². The molecule has 0 N–H and O–H groups in total. The van der Waals surface area contributed by atoms with Crippen molar-refractivity contribution in [1.82, 2.24) is 0 Å². The van der Waals surface area contributed by atoms with E-state index in [1.165, 1.54) is 25.1 Å². The summed E-state index contributed by atoms with van der Waals surface area (Å²) in [5.74, 6) is -0.977. The van der Waals surface area contributed by atoms with Gasteiger partial charge in [-0.1, -0.05) is 17.7 Å². The van der Waals surface area contributed by atoms with Crippen LogP contribution in [-0.4, -0.2) is 23.3 Å². The summed E-state index contributed by atoms with van der Waals surface area (Å²) in [6, 6.07) is 9.43. The molecule has 0 atom stereocenters. The summed E-state index contributed by atoms with van der Waals surface area (Å²) >= 11 is 0. The van der Waals surface area contributed by atoms with Gasteiger partial charge in [0.1, 0.15) is 0 Å². The highest BCUT2D eigenvalue weighted by molar-refractivity contribution is 6.00. The highest BCUT2D eigenvalue weighted by atomic mass is 16.6.